The van der Waals surface area contributed by atoms with Gasteiger partial charge in [0, 0.05) is 43.8 Å². The number of unbranched alkanes of at least 4 members (excludes halogenated alkanes) is 5. The Balaban J connectivity index is 1.04. The Labute approximate surface area is 241 Å². The number of hydrogen-bond donors (Lipinski definition) is 2. The van der Waals surface area contributed by atoms with E-state index in [1.54, 1.807) is 18.2 Å². The summed E-state index contributed by atoms with van der Waals surface area (Å²) >= 11 is 0. The lowest BCUT2D eigenvalue weighted by Gasteiger charge is -2.29. The number of carbonyl (C=O) groups excluding carboxylic acids is 5. The van der Waals surface area contributed by atoms with Gasteiger partial charge in [-0.25, -0.2) is 0 Å². The molecule has 0 spiro atoms. The van der Waals surface area contributed by atoms with E-state index in [4.69, 9.17) is 9.47 Å². The normalized spacial score (nSPS) is 18.7. The monoisotopic (exact) mass is 570 g/mol. The second-order valence-corrected chi connectivity index (χ2v) is 10.9. The maximum Gasteiger partial charge on any atom is 0.257 e. The third-order valence-electron chi connectivity index (χ3n) is 7.87. The van der Waals surface area contributed by atoms with E-state index < -0.39 is 11.9 Å². The molecule has 11 heteroatoms. The van der Waals surface area contributed by atoms with Crippen molar-refractivity contribution in [3.8, 4) is 5.75 Å². The highest BCUT2D eigenvalue weighted by Crippen LogP contribution is 2.33. The van der Waals surface area contributed by atoms with Gasteiger partial charge in [0.25, 0.3) is 11.8 Å². The third kappa shape index (κ3) is 8.76. The van der Waals surface area contributed by atoms with Crippen LogP contribution >= 0.6 is 0 Å². The van der Waals surface area contributed by atoms with Crippen molar-refractivity contribution in [2.24, 2.45) is 0 Å². The standard InChI is InChI=1S/C30H42N4O7/c35-26-14-13-24(29(38)32-26)34-19-23-22(30(34)39)11-10-12-25(23)41-20-27(36)31-15-6-3-1-2-4-9-18-40-21-28(37)33-16-7-5-8-17-33/h10-12,24H,1-9,13-21H2,(H,31,36)(H,32,35,38). The molecule has 0 saturated carbocycles. The molecule has 2 fully saturated rings. The zero-order valence-corrected chi connectivity index (χ0v) is 23.8. The number of nitrogens with zero attached hydrogens (tertiary/aromatic N) is 2. The summed E-state index contributed by atoms with van der Waals surface area (Å²) in [5.74, 6) is -0.749. The van der Waals surface area contributed by atoms with E-state index in [9.17, 15) is 24.0 Å². The number of likely N-dealkylation sites (tertiary alicyclic amines) is 1. The van der Waals surface area contributed by atoms with Gasteiger partial charge in [-0.15, -0.1) is 0 Å². The van der Waals surface area contributed by atoms with E-state index in [-0.39, 0.29) is 49.8 Å². The molecule has 0 radical (unpaired) electrons. The maximum absolute atomic E-state index is 12.9. The summed E-state index contributed by atoms with van der Waals surface area (Å²) in [6.07, 6.45) is 9.94. The average Bonchev–Trinajstić information content (AvgIpc) is 3.31. The molecule has 0 aliphatic carbocycles. The Kier molecular flexibility index (Phi) is 11.5. The zero-order valence-electron chi connectivity index (χ0n) is 23.8. The van der Waals surface area contributed by atoms with Crippen LogP contribution in [0.2, 0.25) is 0 Å². The van der Waals surface area contributed by atoms with Crippen LogP contribution in [0.4, 0.5) is 0 Å². The summed E-state index contributed by atoms with van der Waals surface area (Å²) in [5, 5.41) is 5.17. The summed E-state index contributed by atoms with van der Waals surface area (Å²) in [6.45, 7) is 3.13. The molecule has 0 bridgehead atoms. The fourth-order valence-corrected chi connectivity index (χ4v) is 5.54. The maximum atomic E-state index is 12.9. The van der Waals surface area contributed by atoms with Crippen LogP contribution in [0.15, 0.2) is 18.2 Å². The minimum absolute atomic E-state index is 0.108. The predicted octanol–water partition coefficient (Wildman–Crippen LogP) is 2.31. The number of ether oxygens (including phenoxy) is 2. The van der Waals surface area contributed by atoms with Gasteiger partial charge >= 0.3 is 0 Å². The fourth-order valence-electron chi connectivity index (χ4n) is 5.54. The number of carbonyl (C=O) groups is 5. The second kappa shape index (κ2) is 15.5. The van der Waals surface area contributed by atoms with Gasteiger partial charge in [-0.2, -0.15) is 0 Å². The molecule has 224 valence electrons. The summed E-state index contributed by atoms with van der Waals surface area (Å²) < 4.78 is 11.3. The van der Waals surface area contributed by atoms with Crippen molar-refractivity contribution in [3.63, 3.8) is 0 Å². The third-order valence-corrected chi connectivity index (χ3v) is 7.87. The van der Waals surface area contributed by atoms with Crippen molar-refractivity contribution in [2.75, 3.05) is 39.5 Å². The van der Waals surface area contributed by atoms with Crippen LogP contribution in [-0.2, 0) is 30.5 Å². The van der Waals surface area contributed by atoms with E-state index in [0.717, 1.165) is 64.5 Å². The number of imide groups is 1. The van der Waals surface area contributed by atoms with Gasteiger partial charge < -0.3 is 24.6 Å². The fraction of sp³-hybridized carbons (Fsp3) is 0.633. The van der Waals surface area contributed by atoms with Gasteiger partial charge in [-0.3, -0.25) is 29.3 Å². The summed E-state index contributed by atoms with van der Waals surface area (Å²) in [7, 11) is 0. The number of piperidine rings is 2. The van der Waals surface area contributed by atoms with E-state index in [1.165, 1.54) is 11.3 Å². The molecule has 3 heterocycles. The SMILES string of the molecule is O=C(COc1cccc2c1CN(C1CCC(=O)NC1=O)C2=O)NCCCCCCCCOCC(=O)N1CCCCC1. The summed E-state index contributed by atoms with van der Waals surface area (Å²) in [5.41, 5.74) is 1.10. The lowest BCUT2D eigenvalue weighted by Crippen LogP contribution is -2.52. The van der Waals surface area contributed by atoms with Crippen molar-refractivity contribution in [2.45, 2.75) is 83.2 Å². The molecule has 11 nitrogen and oxygen atoms in total. The zero-order chi connectivity index (χ0) is 29.0. The quantitative estimate of drug-likeness (QED) is 0.244. The van der Waals surface area contributed by atoms with Crippen molar-refractivity contribution < 1.29 is 33.4 Å². The van der Waals surface area contributed by atoms with Crippen molar-refractivity contribution >= 4 is 29.5 Å². The molecule has 1 atom stereocenters. The van der Waals surface area contributed by atoms with E-state index in [2.05, 4.69) is 10.6 Å². The van der Waals surface area contributed by atoms with Gasteiger partial charge in [0.2, 0.25) is 17.7 Å². The number of rotatable bonds is 15. The molecular weight excluding hydrogens is 528 g/mol. The van der Waals surface area contributed by atoms with Crippen LogP contribution in [0.5, 0.6) is 5.75 Å². The van der Waals surface area contributed by atoms with Crippen LogP contribution in [0, 0.1) is 0 Å². The van der Waals surface area contributed by atoms with Crippen LogP contribution in [-0.4, -0.2) is 84.8 Å². The van der Waals surface area contributed by atoms with Gasteiger partial charge in [-0.1, -0.05) is 31.7 Å². The van der Waals surface area contributed by atoms with Crippen LogP contribution in [0.1, 0.15) is 86.6 Å². The Bertz CT molecular complexity index is 1100. The average molecular weight is 571 g/mol. The largest absolute Gasteiger partial charge is 0.483 e. The minimum Gasteiger partial charge on any atom is -0.483 e. The topological polar surface area (TPSA) is 134 Å². The number of hydrogen-bond acceptors (Lipinski definition) is 7. The first kappa shape index (κ1) is 30.5. The highest BCUT2D eigenvalue weighted by molar-refractivity contribution is 6.05. The molecular formula is C30H42N4O7. The molecule has 3 aliphatic heterocycles. The van der Waals surface area contributed by atoms with Crippen LogP contribution in [0.25, 0.3) is 0 Å². The number of fused-ring (bicyclic) bond motifs is 1. The first-order chi connectivity index (χ1) is 19.9. The highest BCUT2D eigenvalue weighted by atomic mass is 16.5. The molecule has 4 rings (SSSR count). The summed E-state index contributed by atoms with van der Waals surface area (Å²) in [6, 6.07) is 4.39. The molecule has 5 amide bonds. The van der Waals surface area contributed by atoms with Gasteiger partial charge in [-0.05, 0) is 50.7 Å². The first-order valence-corrected chi connectivity index (χ1v) is 15.0. The Morgan fingerprint density at radius 1 is 0.951 bits per heavy atom. The number of nitrogens with one attached hydrogen (secondary N) is 2. The lowest BCUT2D eigenvalue weighted by molar-refractivity contribution is -0.138. The van der Waals surface area contributed by atoms with E-state index in [1.807, 2.05) is 4.90 Å². The minimum atomic E-state index is -0.697. The van der Waals surface area contributed by atoms with Gasteiger partial charge in [0.15, 0.2) is 6.61 Å². The Hall–Kier alpha value is -3.47. The van der Waals surface area contributed by atoms with Crippen molar-refractivity contribution in [1.29, 1.82) is 0 Å². The Morgan fingerprint density at radius 3 is 2.49 bits per heavy atom. The molecule has 1 aromatic carbocycles. The molecule has 1 unspecified atom stereocenters. The molecule has 41 heavy (non-hydrogen) atoms. The molecule has 0 aromatic heterocycles. The van der Waals surface area contributed by atoms with Gasteiger partial charge in [0.1, 0.15) is 18.4 Å². The number of benzene rings is 1. The van der Waals surface area contributed by atoms with E-state index >= 15 is 0 Å². The molecule has 3 aliphatic rings. The van der Waals surface area contributed by atoms with Gasteiger partial charge in [0.05, 0.1) is 6.54 Å². The lowest BCUT2D eigenvalue weighted by atomic mass is 10.0. The summed E-state index contributed by atoms with van der Waals surface area (Å²) in [4.78, 5) is 64.4. The van der Waals surface area contributed by atoms with Crippen LogP contribution in [0.3, 0.4) is 0 Å². The molecule has 2 N–H and O–H groups in total. The molecule has 1 aromatic rings. The van der Waals surface area contributed by atoms with Crippen molar-refractivity contribution in [1.82, 2.24) is 20.4 Å². The molecule has 2 saturated heterocycles. The number of amides is 5. The van der Waals surface area contributed by atoms with E-state index in [0.29, 0.717) is 36.4 Å². The predicted molar refractivity (Wildman–Crippen MR) is 150 cm³/mol. The van der Waals surface area contributed by atoms with Crippen molar-refractivity contribution in [3.05, 3.63) is 29.3 Å². The Morgan fingerprint density at radius 2 is 1.71 bits per heavy atom. The smallest absolute Gasteiger partial charge is 0.257 e. The highest BCUT2D eigenvalue weighted by Gasteiger charge is 2.40. The second-order valence-electron chi connectivity index (χ2n) is 10.9. The first-order valence-electron chi connectivity index (χ1n) is 15.0. The van der Waals surface area contributed by atoms with Crippen LogP contribution < -0.4 is 15.4 Å².